The summed E-state index contributed by atoms with van der Waals surface area (Å²) >= 11 is 0. The van der Waals surface area contributed by atoms with Gasteiger partial charge in [0.2, 0.25) is 0 Å². The number of aliphatic hydroxyl groups is 1. The first-order chi connectivity index (χ1) is 22.1. The summed E-state index contributed by atoms with van der Waals surface area (Å²) in [6.07, 6.45) is -0.282. The number of likely N-dealkylation sites (N-methyl/N-ethyl adjacent to an activating group) is 1. The van der Waals surface area contributed by atoms with Crippen molar-refractivity contribution >= 4 is 21.6 Å². The average Bonchev–Trinajstić information content (AvgIpc) is 3.07. The number of fused-ring (bicyclic) bond motifs is 1. The second-order valence-corrected chi connectivity index (χ2v) is 13.6. The van der Waals surface area contributed by atoms with Crippen molar-refractivity contribution in [3.8, 4) is 22.6 Å². The standard InChI is InChI=1S/C36H41N3O6S/c1-25-21-39(26(2)24-40)36(41)33-20-30(37-46(42,43)32-17-15-31(44-4)16-18-32)14-19-34(33)45-35(25)23-38(3)22-27-10-12-29(13-11-27)28-8-6-5-7-9-28/h5-20,25-26,35,37,40H,21-24H2,1-4H3/t25-,26-,35+/m1/s1. The van der Waals surface area contributed by atoms with Gasteiger partial charge in [-0.15, -0.1) is 0 Å². The molecule has 0 saturated heterocycles. The number of anilines is 1. The third-order valence-corrected chi connectivity index (χ3v) is 9.69. The SMILES string of the molecule is COc1ccc(S(=O)(=O)Nc2ccc3c(c2)C(=O)N([C@H](C)CO)C[C@@H](C)[C@H](CN(C)Cc2ccc(-c4ccccc4)cc2)O3)cc1. The maximum Gasteiger partial charge on any atom is 0.261 e. The molecule has 0 spiro atoms. The van der Waals surface area contributed by atoms with Crippen molar-refractivity contribution < 1.29 is 27.8 Å². The van der Waals surface area contributed by atoms with Crippen LogP contribution in [0.25, 0.3) is 11.1 Å². The van der Waals surface area contributed by atoms with Gasteiger partial charge in [-0.3, -0.25) is 14.4 Å². The maximum atomic E-state index is 13.8. The Labute approximate surface area is 271 Å². The second-order valence-electron chi connectivity index (χ2n) is 11.9. The van der Waals surface area contributed by atoms with E-state index in [1.807, 2.05) is 32.2 Å². The second kappa shape index (κ2) is 14.4. The number of nitrogens with one attached hydrogen (secondary N) is 1. The van der Waals surface area contributed by atoms with Crippen LogP contribution in [0.5, 0.6) is 11.5 Å². The van der Waals surface area contributed by atoms with Crippen molar-refractivity contribution in [2.24, 2.45) is 5.92 Å². The lowest BCUT2D eigenvalue weighted by molar-refractivity contribution is 0.0341. The van der Waals surface area contributed by atoms with Gasteiger partial charge in [0.1, 0.15) is 17.6 Å². The average molecular weight is 644 g/mol. The molecule has 9 nitrogen and oxygen atoms in total. The van der Waals surface area contributed by atoms with E-state index in [0.29, 0.717) is 31.1 Å². The number of benzene rings is 4. The van der Waals surface area contributed by atoms with E-state index in [1.54, 1.807) is 36.1 Å². The van der Waals surface area contributed by atoms with Crippen LogP contribution in [0.15, 0.2) is 102 Å². The zero-order valence-corrected chi connectivity index (χ0v) is 27.4. The Hall–Kier alpha value is -4.38. The molecule has 3 atom stereocenters. The van der Waals surface area contributed by atoms with Crippen LogP contribution in [-0.2, 0) is 16.6 Å². The van der Waals surface area contributed by atoms with E-state index < -0.39 is 16.1 Å². The molecule has 1 aliphatic rings. The van der Waals surface area contributed by atoms with Crippen molar-refractivity contribution in [1.82, 2.24) is 9.80 Å². The molecule has 0 aliphatic carbocycles. The largest absolute Gasteiger partial charge is 0.497 e. The predicted molar refractivity (Wildman–Crippen MR) is 180 cm³/mol. The first-order valence-electron chi connectivity index (χ1n) is 15.3. The lowest BCUT2D eigenvalue weighted by Crippen LogP contribution is -2.49. The molecule has 0 unspecified atom stereocenters. The Morgan fingerprint density at radius 3 is 2.33 bits per heavy atom. The van der Waals surface area contributed by atoms with Crippen LogP contribution in [0, 0.1) is 5.92 Å². The Balaban J connectivity index is 1.36. The van der Waals surface area contributed by atoms with Gasteiger partial charge in [-0.1, -0.05) is 61.5 Å². The Kier molecular flexibility index (Phi) is 10.3. The summed E-state index contributed by atoms with van der Waals surface area (Å²) in [4.78, 5) is 17.7. The molecule has 2 N–H and O–H groups in total. The molecule has 4 aromatic rings. The fourth-order valence-electron chi connectivity index (χ4n) is 5.59. The highest BCUT2D eigenvalue weighted by molar-refractivity contribution is 7.92. The molecule has 5 rings (SSSR count). The number of hydrogen-bond acceptors (Lipinski definition) is 7. The van der Waals surface area contributed by atoms with Gasteiger partial charge in [0, 0.05) is 31.2 Å². The smallest absolute Gasteiger partial charge is 0.261 e. The first kappa shape index (κ1) is 33.0. The fourth-order valence-corrected chi connectivity index (χ4v) is 6.64. The summed E-state index contributed by atoms with van der Waals surface area (Å²) in [7, 11) is -0.388. The molecule has 0 aromatic heterocycles. The Morgan fingerprint density at radius 1 is 1.00 bits per heavy atom. The predicted octanol–water partition coefficient (Wildman–Crippen LogP) is 5.52. The van der Waals surface area contributed by atoms with E-state index in [0.717, 1.165) is 5.56 Å². The minimum absolute atomic E-state index is 0.0535. The number of ether oxygens (including phenoxy) is 2. The minimum atomic E-state index is -3.93. The molecular formula is C36H41N3O6S. The normalized spacial score (nSPS) is 17.4. The molecular weight excluding hydrogens is 602 g/mol. The van der Waals surface area contributed by atoms with Crippen LogP contribution in [0.3, 0.4) is 0 Å². The zero-order valence-electron chi connectivity index (χ0n) is 26.6. The van der Waals surface area contributed by atoms with Crippen molar-refractivity contribution in [3.05, 3.63) is 108 Å². The molecule has 0 bridgehead atoms. The van der Waals surface area contributed by atoms with Crippen LogP contribution in [0.2, 0.25) is 0 Å². The molecule has 1 heterocycles. The van der Waals surface area contributed by atoms with E-state index in [4.69, 9.17) is 9.47 Å². The number of amides is 1. The summed E-state index contributed by atoms with van der Waals surface area (Å²) < 4.78 is 40.5. The highest BCUT2D eigenvalue weighted by Crippen LogP contribution is 2.32. The number of carbonyl (C=O) groups is 1. The number of rotatable bonds is 11. The van der Waals surface area contributed by atoms with Gasteiger partial charge in [0.15, 0.2) is 0 Å². The quantitative estimate of drug-likeness (QED) is 0.222. The summed E-state index contributed by atoms with van der Waals surface area (Å²) in [5, 5.41) is 10.0. The van der Waals surface area contributed by atoms with Crippen molar-refractivity contribution in [2.75, 3.05) is 38.6 Å². The van der Waals surface area contributed by atoms with E-state index >= 15 is 0 Å². The van der Waals surface area contributed by atoms with Crippen molar-refractivity contribution in [2.45, 2.75) is 37.4 Å². The van der Waals surface area contributed by atoms with Gasteiger partial charge >= 0.3 is 0 Å². The van der Waals surface area contributed by atoms with Gasteiger partial charge in [-0.25, -0.2) is 8.42 Å². The molecule has 1 aliphatic heterocycles. The van der Waals surface area contributed by atoms with E-state index in [-0.39, 0.29) is 40.7 Å². The molecule has 10 heteroatoms. The molecule has 4 aromatic carbocycles. The lowest BCUT2D eigenvalue weighted by Gasteiger charge is -2.38. The highest BCUT2D eigenvalue weighted by Gasteiger charge is 2.34. The fraction of sp³-hybridized carbons (Fsp3) is 0.306. The van der Waals surface area contributed by atoms with E-state index in [2.05, 4.69) is 46.0 Å². The topological polar surface area (TPSA) is 108 Å². The maximum absolute atomic E-state index is 13.8. The third kappa shape index (κ3) is 7.70. The Bertz CT molecular complexity index is 1730. The molecule has 242 valence electrons. The van der Waals surface area contributed by atoms with Gasteiger partial charge in [-0.05, 0) is 73.1 Å². The van der Waals surface area contributed by atoms with Gasteiger partial charge in [-0.2, -0.15) is 0 Å². The molecule has 0 radical (unpaired) electrons. The van der Waals surface area contributed by atoms with Crippen molar-refractivity contribution in [1.29, 1.82) is 0 Å². The molecule has 0 saturated carbocycles. The van der Waals surface area contributed by atoms with Crippen LogP contribution in [0.1, 0.15) is 29.8 Å². The zero-order chi connectivity index (χ0) is 32.8. The minimum Gasteiger partial charge on any atom is -0.497 e. The van der Waals surface area contributed by atoms with E-state index in [1.165, 1.54) is 36.4 Å². The molecule has 46 heavy (non-hydrogen) atoms. The number of nitrogens with zero attached hydrogens (tertiary/aromatic N) is 2. The number of methoxy groups -OCH3 is 1. The van der Waals surface area contributed by atoms with Gasteiger partial charge in [0.05, 0.1) is 30.2 Å². The molecule has 0 fully saturated rings. The van der Waals surface area contributed by atoms with Crippen LogP contribution < -0.4 is 14.2 Å². The number of hydrogen-bond donors (Lipinski definition) is 2. The number of sulfonamides is 1. The summed E-state index contributed by atoms with van der Waals surface area (Å²) in [5.74, 6) is 0.516. The van der Waals surface area contributed by atoms with Gasteiger partial charge < -0.3 is 19.5 Å². The summed E-state index contributed by atoms with van der Waals surface area (Å²) in [6, 6.07) is 29.1. The molecule has 1 amide bonds. The third-order valence-electron chi connectivity index (χ3n) is 8.29. The van der Waals surface area contributed by atoms with Gasteiger partial charge in [0.25, 0.3) is 15.9 Å². The summed E-state index contributed by atoms with van der Waals surface area (Å²) in [5.41, 5.74) is 3.95. The summed E-state index contributed by atoms with van der Waals surface area (Å²) in [6.45, 7) is 5.29. The first-order valence-corrected chi connectivity index (χ1v) is 16.8. The van der Waals surface area contributed by atoms with Crippen LogP contribution in [-0.4, -0.2) is 75.2 Å². The monoisotopic (exact) mass is 643 g/mol. The number of aliphatic hydroxyl groups excluding tert-OH is 1. The van der Waals surface area contributed by atoms with E-state index in [9.17, 15) is 18.3 Å². The lowest BCUT2D eigenvalue weighted by atomic mass is 9.99. The Morgan fingerprint density at radius 2 is 1.67 bits per heavy atom. The van der Waals surface area contributed by atoms with Crippen LogP contribution in [0.4, 0.5) is 5.69 Å². The van der Waals surface area contributed by atoms with Crippen molar-refractivity contribution in [3.63, 3.8) is 0 Å². The highest BCUT2D eigenvalue weighted by atomic mass is 32.2. The van der Waals surface area contributed by atoms with Crippen LogP contribution >= 0.6 is 0 Å². The number of carbonyl (C=O) groups excluding carboxylic acids is 1.